The van der Waals surface area contributed by atoms with Crippen molar-refractivity contribution in [3.05, 3.63) is 69.7 Å². The summed E-state index contributed by atoms with van der Waals surface area (Å²) < 4.78 is 28.9. The Morgan fingerprint density at radius 1 is 1.18 bits per heavy atom. The molecule has 0 aliphatic carbocycles. The first-order valence-electron chi connectivity index (χ1n) is 10.3. The second kappa shape index (κ2) is 8.59. The number of fused-ring (bicyclic) bond motifs is 1. The maximum Gasteiger partial charge on any atom is 0.349 e. The number of hydrogen-bond donors (Lipinski definition) is 2. The Hall–Kier alpha value is -3.27. The van der Waals surface area contributed by atoms with Crippen LogP contribution in [0.25, 0.3) is 0 Å². The lowest BCUT2D eigenvalue weighted by atomic mass is 9.86. The van der Waals surface area contributed by atoms with Gasteiger partial charge in [-0.1, -0.05) is 35.9 Å². The fraction of sp³-hybridized carbons (Fsp3) is 0.273. The zero-order valence-electron chi connectivity index (χ0n) is 17.5. The van der Waals surface area contributed by atoms with Gasteiger partial charge in [-0.2, -0.15) is 8.78 Å². The van der Waals surface area contributed by atoms with Crippen LogP contribution in [0.2, 0.25) is 5.02 Å². The second-order valence-corrected chi connectivity index (χ2v) is 8.48. The number of halogens is 3. The van der Waals surface area contributed by atoms with Crippen molar-refractivity contribution in [1.29, 1.82) is 0 Å². The summed E-state index contributed by atoms with van der Waals surface area (Å²) in [4.78, 5) is 50.2. The molecule has 7 nitrogen and oxygen atoms in total. The van der Waals surface area contributed by atoms with E-state index in [0.29, 0.717) is 16.7 Å². The van der Waals surface area contributed by atoms with E-state index in [1.54, 1.807) is 26.0 Å². The molecule has 0 bridgehead atoms. The molecule has 11 heteroatoms. The molecule has 0 radical (unpaired) electrons. The predicted octanol–water partition coefficient (Wildman–Crippen LogP) is 1.64. The Labute approximate surface area is 193 Å². The van der Waals surface area contributed by atoms with Crippen molar-refractivity contribution in [2.24, 2.45) is 0 Å². The van der Waals surface area contributed by atoms with Crippen molar-refractivity contribution in [1.82, 2.24) is 15.5 Å². The molecule has 170 valence electrons. The first-order chi connectivity index (χ1) is 15.6. The van der Waals surface area contributed by atoms with E-state index in [2.05, 4.69) is 10.6 Å². The second-order valence-electron chi connectivity index (χ2n) is 8.04. The monoisotopic (exact) mass is 473 g/mol. The van der Waals surface area contributed by atoms with Crippen LogP contribution >= 0.6 is 11.6 Å². The molecule has 2 N–H and O–H groups in total. The summed E-state index contributed by atoms with van der Waals surface area (Å²) >= 11 is 5.72. The maximum atomic E-state index is 14.5. The highest BCUT2D eigenvalue weighted by atomic mass is 35.5. The van der Waals surface area contributed by atoms with E-state index >= 15 is 0 Å². The molecular weight excluding hydrogens is 455 g/mol. The average molecular weight is 474 g/mol. The first kappa shape index (κ1) is 22.9. The topological polar surface area (TPSA) is 95.6 Å². The number of amides is 4. The van der Waals surface area contributed by atoms with Crippen molar-refractivity contribution >= 4 is 43.1 Å². The summed E-state index contributed by atoms with van der Waals surface area (Å²) in [6.45, 7) is -0.172. The van der Waals surface area contributed by atoms with Crippen LogP contribution < -0.4 is 10.6 Å². The molecule has 2 aliphatic heterocycles. The summed E-state index contributed by atoms with van der Waals surface area (Å²) in [7, 11) is 1.75. The largest absolute Gasteiger partial charge is 0.349 e. The minimum absolute atomic E-state index is 0.141. The van der Waals surface area contributed by atoms with E-state index in [1.807, 2.05) is 0 Å². The van der Waals surface area contributed by atoms with Gasteiger partial charge in [-0.15, -0.1) is 0 Å². The zero-order valence-corrected chi connectivity index (χ0v) is 18.3. The van der Waals surface area contributed by atoms with Crippen molar-refractivity contribution in [2.75, 3.05) is 0 Å². The van der Waals surface area contributed by atoms with Gasteiger partial charge in [0, 0.05) is 35.1 Å². The minimum atomic E-state index is -3.74. The molecule has 0 saturated carbocycles. The molecule has 4 amide bonds. The zero-order chi connectivity index (χ0) is 23.9. The van der Waals surface area contributed by atoms with Crippen LogP contribution in [0.5, 0.6) is 0 Å². The smallest absolute Gasteiger partial charge is 0.346 e. The van der Waals surface area contributed by atoms with Crippen LogP contribution in [0.3, 0.4) is 0 Å². The van der Waals surface area contributed by atoms with Gasteiger partial charge in [-0.25, -0.2) is 0 Å². The molecule has 2 atom stereocenters. The van der Waals surface area contributed by atoms with Gasteiger partial charge >= 0.3 is 5.92 Å². The Morgan fingerprint density at radius 3 is 2.55 bits per heavy atom. The Bertz CT molecular complexity index is 1160. The number of benzene rings is 2. The number of imide groups is 1. The molecule has 2 heterocycles. The lowest BCUT2D eigenvalue weighted by Crippen LogP contribution is -2.53. The molecule has 33 heavy (non-hydrogen) atoms. The van der Waals surface area contributed by atoms with Gasteiger partial charge < -0.3 is 10.2 Å². The van der Waals surface area contributed by atoms with E-state index in [-0.39, 0.29) is 36.2 Å². The Balaban J connectivity index is 1.47. The van der Waals surface area contributed by atoms with Gasteiger partial charge in [0.1, 0.15) is 13.9 Å². The van der Waals surface area contributed by atoms with Crippen molar-refractivity contribution in [2.45, 2.75) is 37.3 Å². The summed E-state index contributed by atoms with van der Waals surface area (Å²) in [5.74, 6) is -6.88. The number of alkyl halides is 2. The van der Waals surface area contributed by atoms with Crippen molar-refractivity contribution in [3.8, 4) is 0 Å². The van der Waals surface area contributed by atoms with Gasteiger partial charge in [0.05, 0.1) is 0 Å². The van der Waals surface area contributed by atoms with Crippen molar-refractivity contribution < 1.29 is 28.0 Å². The number of nitrogens with zero attached hydrogens (tertiary/aromatic N) is 1. The van der Waals surface area contributed by atoms with Crippen LogP contribution in [-0.2, 0) is 26.9 Å². The third-order valence-corrected chi connectivity index (χ3v) is 6.19. The van der Waals surface area contributed by atoms with E-state index in [4.69, 9.17) is 11.6 Å². The van der Waals surface area contributed by atoms with Gasteiger partial charge in [0.25, 0.3) is 11.8 Å². The number of hydrogen-bond acceptors (Lipinski definition) is 4. The standard InChI is InChI=1S/C22H19BClF2N3O4/c23-18-15-9-11(10-27-21(33)22(25,26)12-2-4-13(24)5-3-12)1-6-14(15)20(32)29(18)16-7-8-17(30)28-19(16)31/h1-6,9,16,18H,7-8,10,23H2,(H,27,33)(H,28,30,31). The van der Waals surface area contributed by atoms with Crippen LogP contribution in [0, 0.1) is 0 Å². The summed E-state index contributed by atoms with van der Waals surface area (Å²) in [5, 5.41) is 4.77. The molecular formula is C22H19BClF2N3O4. The van der Waals surface area contributed by atoms with E-state index in [1.165, 1.54) is 17.0 Å². The fourth-order valence-corrected chi connectivity index (χ4v) is 4.30. The number of rotatable bonds is 5. The van der Waals surface area contributed by atoms with Gasteiger partial charge in [-0.3, -0.25) is 24.5 Å². The molecule has 2 aliphatic rings. The SMILES string of the molecule is BC1c2cc(CNC(=O)C(F)(F)c3ccc(Cl)cc3)ccc2C(=O)N1C1CCC(=O)NC1=O. The maximum absolute atomic E-state index is 14.5. The third-order valence-electron chi connectivity index (χ3n) is 5.94. The normalized spacial score (nSPS) is 20.5. The number of piperidine rings is 1. The number of carbonyl (C=O) groups is 4. The van der Waals surface area contributed by atoms with Crippen LogP contribution in [0.4, 0.5) is 8.78 Å². The lowest BCUT2D eigenvalue weighted by molar-refractivity contribution is -0.147. The van der Waals surface area contributed by atoms with E-state index < -0.39 is 35.3 Å². The molecule has 0 aromatic heterocycles. The molecule has 1 fully saturated rings. The van der Waals surface area contributed by atoms with Gasteiger partial charge in [0.15, 0.2) is 0 Å². The van der Waals surface area contributed by atoms with E-state index in [0.717, 1.165) is 12.1 Å². The van der Waals surface area contributed by atoms with Gasteiger partial charge in [0.2, 0.25) is 11.8 Å². The van der Waals surface area contributed by atoms with Crippen molar-refractivity contribution in [3.63, 3.8) is 0 Å². The fourth-order valence-electron chi connectivity index (χ4n) is 4.17. The first-order valence-corrected chi connectivity index (χ1v) is 10.7. The molecule has 4 rings (SSSR count). The molecule has 2 aromatic rings. The minimum Gasteiger partial charge on any atom is -0.346 e. The van der Waals surface area contributed by atoms with E-state index in [9.17, 15) is 28.0 Å². The van der Waals surface area contributed by atoms with Crippen LogP contribution in [0.1, 0.15) is 45.8 Å². The summed E-state index contributed by atoms with van der Waals surface area (Å²) in [6, 6.07) is 8.76. The molecule has 2 unspecified atom stereocenters. The number of nitrogens with one attached hydrogen (secondary N) is 2. The quantitative estimate of drug-likeness (QED) is 0.510. The highest BCUT2D eigenvalue weighted by Crippen LogP contribution is 2.35. The summed E-state index contributed by atoms with van der Waals surface area (Å²) in [5.41, 5.74) is 1.07. The number of carbonyl (C=O) groups excluding carboxylic acids is 4. The Kier molecular flexibility index (Phi) is 5.96. The molecule has 2 aromatic carbocycles. The molecule has 0 spiro atoms. The van der Waals surface area contributed by atoms with Crippen LogP contribution in [-0.4, -0.2) is 42.4 Å². The third kappa shape index (κ3) is 4.22. The predicted molar refractivity (Wildman–Crippen MR) is 117 cm³/mol. The summed E-state index contributed by atoms with van der Waals surface area (Å²) in [6.07, 6.45) is 0.375. The Morgan fingerprint density at radius 2 is 1.88 bits per heavy atom. The van der Waals surface area contributed by atoms with Gasteiger partial charge in [-0.05, 0) is 35.7 Å². The lowest BCUT2D eigenvalue weighted by Gasteiger charge is -2.33. The highest BCUT2D eigenvalue weighted by molar-refractivity contribution is 6.30. The van der Waals surface area contributed by atoms with Crippen LogP contribution in [0.15, 0.2) is 42.5 Å². The molecule has 1 saturated heterocycles. The average Bonchev–Trinajstić information content (AvgIpc) is 3.02. The highest BCUT2D eigenvalue weighted by Gasteiger charge is 2.43.